The molecule has 0 atom stereocenters. The molecule has 0 aliphatic carbocycles. The third-order valence-electron chi connectivity index (χ3n) is 2.80. The maximum absolute atomic E-state index is 11.8. The molecule has 0 aromatic heterocycles. The second kappa shape index (κ2) is 7.59. The highest BCUT2D eigenvalue weighted by atomic mass is 79.9. The van der Waals surface area contributed by atoms with Gasteiger partial charge in [-0.15, -0.1) is 0 Å². The summed E-state index contributed by atoms with van der Waals surface area (Å²) in [5, 5.41) is 4.40. The molecule has 0 heterocycles. The lowest BCUT2D eigenvalue weighted by molar-refractivity contribution is 0.0516. The van der Waals surface area contributed by atoms with E-state index >= 15 is 0 Å². The smallest absolute Gasteiger partial charge is 0.365 e. The Hall–Kier alpha value is -2.14. The molecule has 0 amide bonds. The van der Waals surface area contributed by atoms with Crippen LogP contribution in [0.4, 0.5) is 0 Å². The van der Waals surface area contributed by atoms with Gasteiger partial charge in [0.2, 0.25) is 0 Å². The normalized spacial score (nSPS) is 11.0. The number of hydrogen-bond acceptors (Lipinski definition) is 4. The second-order valence-corrected chi connectivity index (χ2v) is 4.71. The maximum Gasteiger partial charge on any atom is 0.365 e. The largest absolute Gasteiger partial charge is 0.497 e. The molecule has 108 valence electrons. The van der Waals surface area contributed by atoms with Crippen molar-refractivity contribution in [2.24, 2.45) is 5.16 Å². The summed E-state index contributed by atoms with van der Waals surface area (Å²) in [5.41, 5.74) is 1.94. The molecule has 0 unspecified atom stereocenters. The number of carbonyl (C=O) groups excluding carboxylic acids is 1. The highest BCUT2D eigenvalue weighted by Gasteiger charge is 2.08. The van der Waals surface area contributed by atoms with Gasteiger partial charge in [-0.25, -0.2) is 4.79 Å². The van der Waals surface area contributed by atoms with Gasteiger partial charge in [0, 0.05) is 10.9 Å². The Morgan fingerprint density at radius 3 is 2.29 bits per heavy atom. The SMILES string of the molecule is COc1ccc(C(CBr)=NOC(=O)c2ccccc2)cc1. The first-order valence-corrected chi connectivity index (χ1v) is 7.40. The van der Waals surface area contributed by atoms with Crippen molar-refractivity contribution in [2.75, 3.05) is 12.4 Å². The van der Waals surface area contributed by atoms with Gasteiger partial charge in [0.25, 0.3) is 0 Å². The van der Waals surface area contributed by atoms with Gasteiger partial charge in [0.1, 0.15) is 5.75 Å². The van der Waals surface area contributed by atoms with Crippen molar-refractivity contribution < 1.29 is 14.4 Å². The molecule has 0 aliphatic rings. The van der Waals surface area contributed by atoms with Gasteiger partial charge in [-0.05, 0) is 36.4 Å². The third-order valence-corrected chi connectivity index (χ3v) is 3.33. The highest BCUT2D eigenvalue weighted by molar-refractivity contribution is 9.09. The van der Waals surface area contributed by atoms with Gasteiger partial charge in [-0.1, -0.05) is 39.3 Å². The van der Waals surface area contributed by atoms with E-state index in [1.807, 2.05) is 30.3 Å². The zero-order chi connectivity index (χ0) is 15.1. The topological polar surface area (TPSA) is 47.9 Å². The zero-order valence-electron chi connectivity index (χ0n) is 11.5. The molecule has 2 rings (SSSR count). The summed E-state index contributed by atoms with van der Waals surface area (Å²) >= 11 is 3.34. The molecule has 0 radical (unpaired) electrons. The fourth-order valence-corrected chi connectivity index (χ4v) is 2.09. The van der Waals surface area contributed by atoms with Gasteiger partial charge in [-0.3, -0.25) is 0 Å². The number of methoxy groups -OCH3 is 1. The van der Waals surface area contributed by atoms with E-state index in [1.165, 1.54) is 0 Å². The number of oxime groups is 1. The van der Waals surface area contributed by atoms with Crippen LogP contribution in [0.5, 0.6) is 5.75 Å². The molecule has 0 bridgehead atoms. The molecule has 4 nitrogen and oxygen atoms in total. The second-order valence-electron chi connectivity index (χ2n) is 4.14. The predicted octanol–water partition coefficient (Wildman–Crippen LogP) is 3.65. The minimum atomic E-state index is -0.484. The average molecular weight is 348 g/mol. The van der Waals surface area contributed by atoms with Crippen LogP contribution in [-0.4, -0.2) is 24.1 Å². The van der Waals surface area contributed by atoms with Crippen LogP contribution in [0.25, 0.3) is 0 Å². The Morgan fingerprint density at radius 2 is 1.71 bits per heavy atom. The van der Waals surface area contributed by atoms with E-state index in [0.29, 0.717) is 16.6 Å². The van der Waals surface area contributed by atoms with Crippen molar-refractivity contribution in [1.82, 2.24) is 0 Å². The summed E-state index contributed by atoms with van der Waals surface area (Å²) in [4.78, 5) is 16.8. The van der Waals surface area contributed by atoms with E-state index in [1.54, 1.807) is 31.4 Å². The van der Waals surface area contributed by atoms with E-state index in [4.69, 9.17) is 9.57 Å². The van der Waals surface area contributed by atoms with Crippen LogP contribution >= 0.6 is 15.9 Å². The van der Waals surface area contributed by atoms with E-state index in [2.05, 4.69) is 21.1 Å². The lowest BCUT2D eigenvalue weighted by Crippen LogP contribution is -2.07. The van der Waals surface area contributed by atoms with Crippen LogP contribution in [0.3, 0.4) is 0 Å². The quantitative estimate of drug-likeness (QED) is 0.359. The first kappa shape index (κ1) is 15.3. The monoisotopic (exact) mass is 347 g/mol. The third kappa shape index (κ3) is 4.16. The van der Waals surface area contributed by atoms with E-state index in [9.17, 15) is 4.79 Å². The summed E-state index contributed by atoms with van der Waals surface area (Å²) in [5.74, 6) is 0.275. The molecule has 0 saturated carbocycles. The maximum atomic E-state index is 11.8. The van der Waals surface area contributed by atoms with E-state index in [0.717, 1.165) is 11.3 Å². The Balaban J connectivity index is 2.11. The molecule has 21 heavy (non-hydrogen) atoms. The summed E-state index contributed by atoms with van der Waals surface area (Å²) in [6.45, 7) is 0. The van der Waals surface area contributed by atoms with Gasteiger partial charge < -0.3 is 9.57 Å². The van der Waals surface area contributed by atoms with Gasteiger partial charge in [-0.2, -0.15) is 0 Å². The lowest BCUT2D eigenvalue weighted by Gasteiger charge is -2.05. The zero-order valence-corrected chi connectivity index (χ0v) is 13.0. The van der Waals surface area contributed by atoms with Crippen molar-refractivity contribution in [3.05, 3.63) is 65.7 Å². The highest BCUT2D eigenvalue weighted by Crippen LogP contribution is 2.13. The van der Waals surface area contributed by atoms with Gasteiger partial charge in [0.15, 0.2) is 0 Å². The van der Waals surface area contributed by atoms with Crippen molar-refractivity contribution in [3.8, 4) is 5.75 Å². The number of benzene rings is 2. The molecule has 2 aromatic rings. The fraction of sp³-hybridized carbons (Fsp3) is 0.125. The summed E-state index contributed by atoms with van der Waals surface area (Å²) < 4.78 is 5.10. The van der Waals surface area contributed by atoms with Crippen LogP contribution in [-0.2, 0) is 4.84 Å². The average Bonchev–Trinajstić information content (AvgIpc) is 2.56. The number of ether oxygens (including phenoxy) is 1. The molecule has 2 aromatic carbocycles. The van der Waals surface area contributed by atoms with Crippen LogP contribution in [0, 0.1) is 0 Å². The Morgan fingerprint density at radius 1 is 1.05 bits per heavy atom. The molecule has 0 spiro atoms. The van der Waals surface area contributed by atoms with Crippen LogP contribution in [0.2, 0.25) is 0 Å². The van der Waals surface area contributed by atoms with Crippen LogP contribution < -0.4 is 4.74 Å². The molecule has 0 N–H and O–H groups in total. The van der Waals surface area contributed by atoms with Gasteiger partial charge in [0.05, 0.1) is 18.4 Å². The number of hydrogen-bond donors (Lipinski definition) is 0. The minimum Gasteiger partial charge on any atom is -0.497 e. The molecule has 0 fully saturated rings. The number of nitrogens with zero attached hydrogens (tertiary/aromatic N) is 1. The van der Waals surface area contributed by atoms with Crippen LogP contribution in [0.1, 0.15) is 15.9 Å². The number of halogens is 1. The molecule has 0 saturated heterocycles. The van der Waals surface area contributed by atoms with E-state index < -0.39 is 5.97 Å². The Labute approximate surface area is 131 Å². The Bertz CT molecular complexity index is 624. The van der Waals surface area contributed by atoms with Crippen molar-refractivity contribution in [1.29, 1.82) is 0 Å². The Kier molecular flexibility index (Phi) is 5.51. The summed E-state index contributed by atoms with van der Waals surface area (Å²) in [7, 11) is 1.61. The summed E-state index contributed by atoms with van der Waals surface area (Å²) in [6.07, 6.45) is 0. The van der Waals surface area contributed by atoms with Crippen molar-refractivity contribution >= 4 is 27.6 Å². The fourth-order valence-electron chi connectivity index (χ4n) is 1.66. The molecule has 0 aliphatic heterocycles. The number of rotatable bonds is 5. The lowest BCUT2D eigenvalue weighted by atomic mass is 10.1. The first-order chi connectivity index (χ1) is 10.2. The minimum absolute atomic E-state index is 0.463. The van der Waals surface area contributed by atoms with Crippen LogP contribution in [0.15, 0.2) is 59.8 Å². The number of carbonyl (C=O) groups is 1. The number of alkyl halides is 1. The van der Waals surface area contributed by atoms with Crippen molar-refractivity contribution in [2.45, 2.75) is 0 Å². The molecular formula is C16H14BrNO3. The molecule has 5 heteroatoms. The first-order valence-electron chi connectivity index (χ1n) is 6.28. The molecular weight excluding hydrogens is 334 g/mol. The van der Waals surface area contributed by atoms with Crippen molar-refractivity contribution in [3.63, 3.8) is 0 Å². The predicted molar refractivity (Wildman–Crippen MR) is 85.2 cm³/mol. The summed E-state index contributed by atoms with van der Waals surface area (Å²) in [6, 6.07) is 16.1. The van der Waals surface area contributed by atoms with Gasteiger partial charge >= 0.3 is 5.97 Å². The standard InChI is InChI=1S/C16H14BrNO3/c1-20-14-9-7-12(8-10-14)15(11-17)18-21-16(19)13-5-3-2-4-6-13/h2-10H,11H2,1H3. The van der Waals surface area contributed by atoms with E-state index in [-0.39, 0.29) is 0 Å².